The number of methoxy groups -OCH3 is 3. The van der Waals surface area contributed by atoms with Crippen LogP contribution in [0.3, 0.4) is 0 Å². The highest BCUT2D eigenvalue weighted by Crippen LogP contribution is 2.37. The third-order valence-electron chi connectivity index (χ3n) is 5.12. The van der Waals surface area contributed by atoms with E-state index in [1.165, 1.54) is 11.1 Å². The van der Waals surface area contributed by atoms with E-state index in [4.69, 9.17) is 18.9 Å². The summed E-state index contributed by atoms with van der Waals surface area (Å²) in [4.78, 5) is 0. The molecule has 0 atom stereocenters. The molecule has 0 heterocycles. The maximum atomic E-state index is 6.06. The average molecular weight is 500 g/mol. The summed E-state index contributed by atoms with van der Waals surface area (Å²) in [6, 6.07) is 18.4. The molecule has 3 rings (SSSR count). The molecule has 0 aliphatic heterocycles. The molecule has 0 aliphatic rings. The molecule has 6 heteroatoms. The van der Waals surface area contributed by atoms with Crippen molar-refractivity contribution in [3.05, 3.63) is 81.3 Å². The predicted octanol–water partition coefficient (Wildman–Crippen LogP) is 5.69. The number of nitrogens with one attached hydrogen (secondary N) is 1. The van der Waals surface area contributed by atoms with Crippen LogP contribution >= 0.6 is 15.9 Å². The fraction of sp³-hybridized carbons (Fsp3) is 0.308. The van der Waals surface area contributed by atoms with Crippen LogP contribution in [-0.4, -0.2) is 27.9 Å². The summed E-state index contributed by atoms with van der Waals surface area (Å²) in [7, 11) is 4.96. The molecule has 0 aromatic heterocycles. The van der Waals surface area contributed by atoms with Crippen molar-refractivity contribution in [1.29, 1.82) is 0 Å². The summed E-state index contributed by atoms with van der Waals surface area (Å²) < 4.78 is 23.2. The molecule has 0 saturated heterocycles. The lowest BCUT2D eigenvalue weighted by molar-refractivity contribution is 0.282. The van der Waals surface area contributed by atoms with Crippen molar-refractivity contribution < 1.29 is 18.9 Å². The quantitative estimate of drug-likeness (QED) is 0.343. The third-order valence-corrected chi connectivity index (χ3v) is 5.71. The van der Waals surface area contributed by atoms with Crippen molar-refractivity contribution in [1.82, 2.24) is 5.32 Å². The van der Waals surface area contributed by atoms with E-state index in [2.05, 4.69) is 58.5 Å². The van der Waals surface area contributed by atoms with E-state index in [0.29, 0.717) is 18.1 Å². The van der Waals surface area contributed by atoms with E-state index in [-0.39, 0.29) is 0 Å². The molecule has 3 aromatic carbocycles. The number of hydrogen-bond donors (Lipinski definition) is 1. The molecule has 5 nitrogen and oxygen atoms in total. The standard InChI is InChI=1S/C26H30BrNO4/c1-18-6-5-7-20(12-18)17-32-26-22(27)13-21(15-25(26)31-4)16-28-11-10-19-8-9-23(29-2)24(14-19)30-3/h5-9,12-15,28H,10-11,16-17H2,1-4H3. The van der Waals surface area contributed by atoms with Crippen molar-refractivity contribution in [2.24, 2.45) is 0 Å². The first-order valence-electron chi connectivity index (χ1n) is 10.5. The Kier molecular flexibility index (Phi) is 8.82. The summed E-state index contributed by atoms with van der Waals surface area (Å²) in [5, 5.41) is 3.49. The Bertz CT molecular complexity index is 1040. The van der Waals surface area contributed by atoms with Crippen molar-refractivity contribution in [3.8, 4) is 23.0 Å². The van der Waals surface area contributed by atoms with Gasteiger partial charge in [0.1, 0.15) is 6.61 Å². The van der Waals surface area contributed by atoms with E-state index in [1.807, 2.05) is 24.3 Å². The smallest absolute Gasteiger partial charge is 0.175 e. The maximum Gasteiger partial charge on any atom is 0.175 e. The molecule has 0 radical (unpaired) electrons. The van der Waals surface area contributed by atoms with Gasteiger partial charge in [-0.15, -0.1) is 0 Å². The van der Waals surface area contributed by atoms with Crippen LogP contribution in [-0.2, 0) is 19.6 Å². The molecule has 0 unspecified atom stereocenters. The van der Waals surface area contributed by atoms with E-state index >= 15 is 0 Å². The molecule has 3 aromatic rings. The fourth-order valence-corrected chi connectivity index (χ4v) is 4.08. The molecule has 0 spiro atoms. The highest BCUT2D eigenvalue weighted by molar-refractivity contribution is 9.10. The van der Waals surface area contributed by atoms with E-state index in [0.717, 1.165) is 46.6 Å². The minimum absolute atomic E-state index is 0.486. The average Bonchev–Trinajstić information content (AvgIpc) is 2.80. The number of ether oxygens (including phenoxy) is 4. The van der Waals surface area contributed by atoms with Crippen LogP contribution in [0, 0.1) is 6.92 Å². The fourth-order valence-electron chi connectivity index (χ4n) is 3.47. The normalized spacial score (nSPS) is 10.7. The van der Waals surface area contributed by atoms with Crippen LogP contribution < -0.4 is 24.3 Å². The summed E-state index contributed by atoms with van der Waals surface area (Å²) in [5.74, 6) is 2.91. The van der Waals surface area contributed by atoms with Crippen LogP contribution in [0.2, 0.25) is 0 Å². The first kappa shape index (κ1) is 24.0. The zero-order valence-electron chi connectivity index (χ0n) is 19.0. The van der Waals surface area contributed by atoms with Crippen molar-refractivity contribution in [2.45, 2.75) is 26.5 Å². The van der Waals surface area contributed by atoms with Gasteiger partial charge in [0.05, 0.1) is 25.8 Å². The van der Waals surface area contributed by atoms with E-state index < -0.39 is 0 Å². The highest BCUT2D eigenvalue weighted by Gasteiger charge is 2.12. The van der Waals surface area contributed by atoms with Gasteiger partial charge in [-0.05, 0) is 76.8 Å². The number of halogens is 1. The first-order valence-corrected chi connectivity index (χ1v) is 11.3. The largest absolute Gasteiger partial charge is 0.493 e. The second-order valence-corrected chi connectivity index (χ2v) is 8.36. The number of benzene rings is 3. The summed E-state index contributed by atoms with van der Waals surface area (Å²) in [6.07, 6.45) is 0.885. The van der Waals surface area contributed by atoms with Crippen LogP contribution in [0.4, 0.5) is 0 Å². The molecule has 32 heavy (non-hydrogen) atoms. The lowest BCUT2D eigenvalue weighted by atomic mass is 10.1. The molecule has 0 amide bonds. The Morgan fingerprint density at radius 1 is 0.781 bits per heavy atom. The zero-order chi connectivity index (χ0) is 22.9. The molecular formula is C26H30BrNO4. The molecular weight excluding hydrogens is 470 g/mol. The molecule has 0 bridgehead atoms. The Hall–Kier alpha value is -2.70. The molecule has 0 saturated carbocycles. The topological polar surface area (TPSA) is 49.0 Å². The minimum atomic E-state index is 0.486. The number of aryl methyl sites for hydroxylation is 1. The van der Waals surface area contributed by atoms with Crippen molar-refractivity contribution in [2.75, 3.05) is 27.9 Å². The summed E-state index contributed by atoms with van der Waals surface area (Å²) >= 11 is 3.64. The summed E-state index contributed by atoms with van der Waals surface area (Å²) in [6.45, 7) is 4.12. The lowest BCUT2D eigenvalue weighted by Crippen LogP contribution is -2.17. The Labute approximate surface area is 198 Å². The van der Waals surface area contributed by atoms with Gasteiger partial charge in [0.25, 0.3) is 0 Å². The van der Waals surface area contributed by atoms with Crippen molar-refractivity contribution in [3.63, 3.8) is 0 Å². The van der Waals surface area contributed by atoms with Gasteiger partial charge in [-0.2, -0.15) is 0 Å². The Morgan fingerprint density at radius 2 is 1.53 bits per heavy atom. The Balaban J connectivity index is 1.57. The van der Waals surface area contributed by atoms with Crippen LogP contribution in [0.1, 0.15) is 22.3 Å². The summed E-state index contributed by atoms with van der Waals surface area (Å²) in [5.41, 5.74) is 4.64. The zero-order valence-corrected chi connectivity index (χ0v) is 20.6. The first-order chi connectivity index (χ1) is 15.5. The van der Waals surface area contributed by atoms with Crippen molar-refractivity contribution >= 4 is 15.9 Å². The van der Waals surface area contributed by atoms with Gasteiger partial charge in [0.15, 0.2) is 23.0 Å². The minimum Gasteiger partial charge on any atom is -0.493 e. The molecule has 0 fully saturated rings. The third kappa shape index (κ3) is 6.40. The second-order valence-electron chi connectivity index (χ2n) is 7.50. The SMILES string of the molecule is COc1ccc(CCNCc2cc(Br)c(OCc3cccc(C)c3)c(OC)c2)cc1OC. The van der Waals surface area contributed by atoms with Gasteiger partial charge in [-0.3, -0.25) is 0 Å². The van der Waals surface area contributed by atoms with E-state index in [9.17, 15) is 0 Å². The number of hydrogen-bond acceptors (Lipinski definition) is 5. The van der Waals surface area contributed by atoms with Gasteiger partial charge >= 0.3 is 0 Å². The van der Waals surface area contributed by atoms with Crippen LogP contribution in [0.25, 0.3) is 0 Å². The monoisotopic (exact) mass is 499 g/mol. The van der Waals surface area contributed by atoms with Gasteiger partial charge in [0.2, 0.25) is 0 Å². The molecule has 0 aliphatic carbocycles. The highest BCUT2D eigenvalue weighted by atomic mass is 79.9. The van der Waals surface area contributed by atoms with Gasteiger partial charge < -0.3 is 24.3 Å². The number of rotatable bonds is 11. The lowest BCUT2D eigenvalue weighted by Gasteiger charge is -2.15. The van der Waals surface area contributed by atoms with Gasteiger partial charge in [-0.1, -0.05) is 35.9 Å². The predicted molar refractivity (Wildman–Crippen MR) is 131 cm³/mol. The second kappa shape index (κ2) is 11.8. The van der Waals surface area contributed by atoms with Crippen LogP contribution in [0.5, 0.6) is 23.0 Å². The van der Waals surface area contributed by atoms with Crippen LogP contribution in [0.15, 0.2) is 59.1 Å². The van der Waals surface area contributed by atoms with Gasteiger partial charge in [-0.25, -0.2) is 0 Å². The molecule has 1 N–H and O–H groups in total. The van der Waals surface area contributed by atoms with Gasteiger partial charge in [0, 0.05) is 6.54 Å². The van der Waals surface area contributed by atoms with E-state index in [1.54, 1.807) is 21.3 Å². The maximum absolute atomic E-state index is 6.06. The molecule has 170 valence electrons. The Morgan fingerprint density at radius 3 is 2.25 bits per heavy atom.